The highest BCUT2D eigenvalue weighted by Gasteiger charge is 2.64. The average molecular weight is 243 g/mol. The molecule has 3 saturated carbocycles. The van der Waals surface area contributed by atoms with E-state index < -0.39 is 0 Å². The molecule has 0 aromatic carbocycles. The minimum absolute atomic E-state index is 0.758. The van der Waals surface area contributed by atoms with Gasteiger partial charge in [0, 0.05) is 30.5 Å². The molecule has 18 heavy (non-hydrogen) atoms. The molecule has 0 spiro atoms. The summed E-state index contributed by atoms with van der Waals surface area (Å²) in [4.78, 5) is 4.32. The van der Waals surface area contributed by atoms with E-state index in [4.69, 9.17) is 0 Å². The Kier molecular flexibility index (Phi) is 2.29. The number of rotatable bonds is 4. The molecule has 0 amide bonds. The van der Waals surface area contributed by atoms with Crippen molar-refractivity contribution < 1.29 is 0 Å². The fourth-order valence-electron chi connectivity index (χ4n) is 4.51. The van der Waals surface area contributed by atoms with Crippen LogP contribution in [0.25, 0.3) is 0 Å². The smallest absolute Gasteiger partial charge is 0.127 e. The van der Waals surface area contributed by atoms with Crippen LogP contribution >= 0.6 is 0 Å². The third-order valence-corrected chi connectivity index (χ3v) is 5.19. The van der Waals surface area contributed by atoms with E-state index in [0.717, 1.165) is 42.1 Å². The summed E-state index contributed by atoms with van der Waals surface area (Å²) in [5, 5.41) is 7.01. The highest BCUT2D eigenvalue weighted by atomic mass is 15.0. The van der Waals surface area contributed by atoms with Crippen molar-refractivity contribution in [2.45, 2.75) is 32.2 Å². The molecular weight excluding hydrogens is 222 g/mol. The zero-order valence-electron chi connectivity index (χ0n) is 10.9. The van der Waals surface area contributed by atoms with Gasteiger partial charge < -0.3 is 10.6 Å². The maximum atomic E-state index is 4.32. The topological polar surface area (TPSA) is 37.0 Å². The lowest BCUT2D eigenvalue weighted by Crippen LogP contribution is -2.13. The Bertz CT molecular complexity index is 443. The molecule has 3 heteroatoms. The van der Waals surface area contributed by atoms with E-state index in [9.17, 15) is 0 Å². The van der Waals surface area contributed by atoms with Gasteiger partial charge in [-0.15, -0.1) is 0 Å². The SMILES string of the molecule is CCNc1cc(NC2C3C4CCC(C4)C23)ccn1. The molecule has 1 aromatic rings. The Morgan fingerprint density at radius 3 is 2.78 bits per heavy atom. The molecule has 1 heterocycles. The standard InChI is InChI=1S/C15H21N3/c1-2-16-12-8-11(5-6-17-12)18-15-13-9-3-4-10(7-9)14(13)15/h5-6,8-10,13-15H,2-4,7H2,1H3,(H2,16,17,18). The normalized spacial score (nSPS) is 39.5. The van der Waals surface area contributed by atoms with Gasteiger partial charge in [0.05, 0.1) is 0 Å². The molecule has 0 radical (unpaired) electrons. The quantitative estimate of drug-likeness (QED) is 0.853. The van der Waals surface area contributed by atoms with Gasteiger partial charge in [0.2, 0.25) is 0 Å². The van der Waals surface area contributed by atoms with Crippen LogP contribution in [0, 0.1) is 23.7 Å². The summed E-state index contributed by atoms with van der Waals surface area (Å²) in [7, 11) is 0. The van der Waals surface area contributed by atoms with E-state index >= 15 is 0 Å². The highest BCUT2D eigenvalue weighted by molar-refractivity contribution is 5.53. The second-order valence-corrected chi connectivity index (χ2v) is 6.12. The lowest BCUT2D eigenvalue weighted by molar-refractivity contribution is 0.456. The molecule has 4 unspecified atom stereocenters. The first-order valence-electron chi connectivity index (χ1n) is 7.33. The zero-order valence-corrected chi connectivity index (χ0v) is 10.9. The predicted molar refractivity (Wildman–Crippen MR) is 73.6 cm³/mol. The molecule has 3 aliphatic rings. The third-order valence-electron chi connectivity index (χ3n) is 5.19. The lowest BCUT2D eigenvalue weighted by atomic mass is 10.0. The molecule has 3 nitrogen and oxygen atoms in total. The number of fused-ring (bicyclic) bond motifs is 5. The lowest BCUT2D eigenvalue weighted by Gasteiger charge is -2.12. The van der Waals surface area contributed by atoms with Gasteiger partial charge in [-0.25, -0.2) is 4.98 Å². The van der Waals surface area contributed by atoms with Crippen molar-refractivity contribution in [1.29, 1.82) is 0 Å². The van der Waals surface area contributed by atoms with Crippen LogP contribution in [0.15, 0.2) is 18.3 Å². The first-order valence-corrected chi connectivity index (χ1v) is 7.33. The van der Waals surface area contributed by atoms with Crippen LogP contribution in [0.2, 0.25) is 0 Å². The van der Waals surface area contributed by atoms with Crippen LogP contribution in [0.4, 0.5) is 11.5 Å². The summed E-state index contributed by atoms with van der Waals surface area (Å²) >= 11 is 0. The molecular formula is C15H21N3. The van der Waals surface area contributed by atoms with Gasteiger partial charge in [-0.2, -0.15) is 0 Å². The van der Waals surface area contributed by atoms with Crippen molar-refractivity contribution in [2.24, 2.45) is 23.7 Å². The number of aromatic nitrogens is 1. The summed E-state index contributed by atoms with van der Waals surface area (Å²) in [5.41, 5.74) is 1.24. The predicted octanol–water partition coefficient (Wildman–Crippen LogP) is 2.97. The summed E-state index contributed by atoms with van der Waals surface area (Å²) < 4.78 is 0. The van der Waals surface area contributed by atoms with Crippen molar-refractivity contribution in [3.63, 3.8) is 0 Å². The Morgan fingerprint density at radius 1 is 1.28 bits per heavy atom. The van der Waals surface area contributed by atoms with Crippen molar-refractivity contribution in [3.05, 3.63) is 18.3 Å². The van der Waals surface area contributed by atoms with Crippen molar-refractivity contribution in [3.8, 4) is 0 Å². The largest absolute Gasteiger partial charge is 0.382 e. The van der Waals surface area contributed by atoms with Crippen LogP contribution in [0.5, 0.6) is 0 Å². The van der Waals surface area contributed by atoms with E-state index in [1.807, 2.05) is 6.20 Å². The van der Waals surface area contributed by atoms with E-state index in [1.165, 1.54) is 24.9 Å². The molecule has 4 rings (SSSR count). The van der Waals surface area contributed by atoms with Gasteiger partial charge >= 0.3 is 0 Å². The molecule has 3 fully saturated rings. The zero-order chi connectivity index (χ0) is 12.1. The summed E-state index contributed by atoms with van der Waals surface area (Å²) in [6.45, 7) is 3.03. The monoisotopic (exact) mass is 243 g/mol. The number of pyridine rings is 1. The Labute approximate surface area is 108 Å². The molecule has 2 bridgehead atoms. The van der Waals surface area contributed by atoms with E-state index in [1.54, 1.807) is 0 Å². The Balaban J connectivity index is 1.45. The van der Waals surface area contributed by atoms with Crippen LogP contribution in [-0.2, 0) is 0 Å². The van der Waals surface area contributed by atoms with E-state index in [0.29, 0.717) is 0 Å². The van der Waals surface area contributed by atoms with Crippen LogP contribution in [0.1, 0.15) is 26.2 Å². The molecule has 0 aliphatic heterocycles. The number of anilines is 2. The van der Waals surface area contributed by atoms with Gasteiger partial charge in [0.25, 0.3) is 0 Å². The molecule has 3 aliphatic carbocycles. The summed E-state index contributed by atoms with van der Waals surface area (Å²) in [6, 6.07) is 4.99. The maximum Gasteiger partial charge on any atom is 0.127 e. The Hall–Kier alpha value is -1.25. The highest BCUT2D eigenvalue weighted by Crippen LogP contribution is 2.66. The summed E-state index contributed by atoms with van der Waals surface area (Å²) in [5.74, 6) is 5.02. The van der Waals surface area contributed by atoms with Gasteiger partial charge in [-0.3, -0.25) is 0 Å². The minimum atomic E-state index is 0.758. The van der Waals surface area contributed by atoms with Gasteiger partial charge in [0.15, 0.2) is 0 Å². The van der Waals surface area contributed by atoms with Crippen LogP contribution in [0.3, 0.4) is 0 Å². The van der Waals surface area contributed by atoms with Crippen molar-refractivity contribution in [1.82, 2.24) is 4.98 Å². The first-order chi connectivity index (χ1) is 8.86. The molecule has 4 atom stereocenters. The maximum absolute atomic E-state index is 4.32. The molecule has 1 aromatic heterocycles. The second-order valence-electron chi connectivity index (χ2n) is 6.12. The van der Waals surface area contributed by atoms with E-state index in [-0.39, 0.29) is 0 Å². The minimum Gasteiger partial charge on any atom is -0.382 e. The molecule has 96 valence electrons. The second kappa shape index (κ2) is 3.87. The van der Waals surface area contributed by atoms with Crippen LogP contribution in [-0.4, -0.2) is 17.6 Å². The molecule has 2 N–H and O–H groups in total. The number of hydrogen-bond acceptors (Lipinski definition) is 3. The average Bonchev–Trinajstić information content (AvgIpc) is 2.79. The number of nitrogens with zero attached hydrogens (tertiary/aromatic N) is 1. The van der Waals surface area contributed by atoms with E-state index in [2.05, 4.69) is 34.7 Å². The third kappa shape index (κ3) is 1.53. The van der Waals surface area contributed by atoms with Gasteiger partial charge in [0.1, 0.15) is 5.82 Å². The van der Waals surface area contributed by atoms with Crippen molar-refractivity contribution >= 4 is 11.5 Å². The number of nitrogens with one attached hydrogen (secondary N) is 2. The Morgan fingerprint density at radius 2 is 2.06 bits per heavy atom. The number of hydrogen-bond donors (Lipinski definition) is 2. The fraction of sp³-hybridized carbons (Fsp3) is 0.667. The van der Waals surface area contributed by atoms with Crippen molar-refractivity contribution in [2.75, 3.05) is 17.2 Å². The molecule has 0 saturated heterocycles. The van der Waals surface area contributed by atoms with Crippen LogP contribution < -0.4 is 10.6 Å². The van der Waals surface area contributed by atoms with Gasteiger partial charge in [-0.05, 0) is 55.9 Å². The summed E-state index contributed by atoms with van der Waals surface area (Å²) in [6.07, 6.45) is 6.39. The first kappa shape index (κ1) is 10.7. The van der Waals surface area contributed by atoms with Gasteiger partial charge in [-0.1, -0.05) is 0 Å². The fourth-order valence-corrected chi connectivity index (χ4v) is 4.51.